The third kappa shape index (κ3) is 3.66. The summed E-state index contributed by atoms with van der Waals surface area (Å²) in [4.78, 5) is 19.9. The van der Waals surface area contributed by atoms with E-state index >= 15 is 0 Å². The molecule has 2 aliphatic rings. The molecule has 1 aromatic heterocycles. The summed E-state index contributed by atoms with van der Waals surface area (Å²) in [5, 5.41) is 4.23. The SMILES string of the molecule is CN1CCN(C2CCCN(C(=O)c3ccc(-n4cccn4)cc3)C2)CC1. The van der Waals surface area contributed by atoms with Gasteiger partial charge in [-0.1, -0.05) is 0 Å². The van der Waals surface area contributed by atoms with E-state index in [4.69, 9.17) is 0 Å². The molecule has 0 N–H and O–H groups in total. The first kappa shape index (κ1) is 17.2. The Morgan fingerprint density at radius 1 is 1.08 bits per heavy atom. The molecule has 2 saturated heterocycles. The van der Waals surface area contributed by atoms with E-state index < -0.39 is 0 Å². The third-order valence-electron chi connectivity index (χ3n) is 5.62. The van der Waals surface area contributed by atoms with Crippen molar-refractivity contribution in [1.29, 1.82) is 0 Å². The highest BCUT2D eigenvalue weighted by molar-refractivity contribution is 5.94. The Balaban J connectivity index is 1.41. The molecule has 4 rings (SSSR count). The van der Waals surface area contributed by atoms with Gasteiger partial charge in [0.05, 0.1) is 5.69 Å². The molecule has 6 heteroatoms. The first-order chi connectivity index (χ1) is 12.7. The highest BCUT2D eigenvalue weighted by Gasteiger charge is 2.29. The number of nitrogens with zero attached hydrogens (tertiary/aromatic N) is 5. The summed E-state index contributed by atoms with van der Waals surface area (Å²) in [5.41, 5.74) is 1.74. The molecule has 0 radical (unpaired) electrons. The number of piperidine rings is 1. The summed E-state index contributed by atoms with van der Waals surface area (Å²) >= 11 is 0. The Labute approximate surface area is 155 Å². The highest BCUT2D eigenvalue weighted by atomic mass is 16.2. The second kappa shape index (κ2) is 7.60. The van der Waals surface area contributed by atoms with Crippen LogP contribution in [0.15, 0.2) is 42.7 Å². The van der Waals surface area contributed by atoms with E-state index in [0.717, 1.165) is 56.9 Å². The number of carbonyl (C=O) groups excluding carboxylic acids is 1. The second-order valence-electron chi connectivity index (χ2n) is 7.38. The zero-order valence-corrected chi connectivity index (χ0v) is 15.4. The van der Waals surface area contributed by atoms with Crippen LogP contribution in [0.25, 0.3) is 5.69 Å². The lowest BCUT2D eigenvalue weighted by atomic mass is 10.0. The van der Waals surface area contributed by atoms with Crippen LogP contribution in [0, 0.1) is 0 Å². The van der Waals surface area contributed by atoms with Crippen molar-refractivity contribution in [2.75, 3.05) is 46.3 Å². The van der Waals surface area contributed by atoms with Gasteiger partial charge in [0.1, 0.15) is 0 Å². The number of hydrogen-bond acceptors (Lipinski definition) is 4. The minimum atomic E-state index is 0.149. The molecule has 1 aromatic carbocycles. The number of likely N-dealkylation sites (N-methyl/N-ethyl adjacent to an activating group) is 1. The zero-order chi connectivity index (χ0) is 17.9. The number of aromatic nitrogens is 2. The van der Waals surface area contributed by atoms with Gasteiger partial charge in [-0.3, -0.25) is 9.69 Å². The molecule has 1 amide bonds. The average Bonchev–Trinajstić information content (AvgIpc) is 3.23. The molecule has 3 heterocycles. The number of amides is 1. The van der Waals surface area contributed by atoms with Crippen molar-refractivity contribution in [2.24, 2.45) is 0 Å². The van der Waals surface area contributed by atoms with Crippen LogP contribution in [0.5, 0.6) is 0 Å². The van der Waals surface area contributed by atoms with Gasteiger partial charge in [-0.05, 0) is 50.2 Å². The minimum absolute atomic E-state index is 0.149. The number of rotatable bonds is 3. The van der Waals surface area contributed by atoms with Gasteiger partial charge in [0, 0.05) is 63.3 Å². The molecule has 1 atom stereocenters. The number of benzene rings is 1. The van der Waals surface area contributed by atoms with Crippen molar-refractivity contribution in [1.82, 2.24) is 24.5 Å². The Kier molecular flexibility index (Phi) is 5.04. The quantitative estimate of drug-likeness (QED) is 0.843. The van der Waals surface area contributed by atoms with E-state index in [1.54, 1.807) is 10.9 Å². The molecule has 0 saturated carbocycles. The van der Waals surface area contributed by atoms with Crippen LogP contribution in [0.3, 0.4) is 0 Å². The van der Waals surface area contributed by atoms with Crippen molar-refractivity contribution in [3.8, 4) is 5.69 Å². The summed E-state index contributed by atoms with van der Waals surface area (Å²) in [6.07, 6.45) is 5.95. The summed E-state index contributed by atoms with van der Waals surface area (Å²) in [6, 6.07) is 10.2. The van der Waals surface area contributed by atoms with E-state index in [-0.39, 0.29) is 5.91 Å². The van der Waals surface area contributed by atoms with Crippen LogP contribution in [-0.2, 0) is 0 Å². The van der Waals surface area contributed by atoms with Gasteiger partial charge in [0.25, 0.3) is 5.91 Å². The normalized spacial score (nSPS) is 22.5. The van der Waals surface area contributed by atoms with Gasteiger partial charge >= 0.3 is 0 Å². The predicted octanol–water partition coefficient (Wildman–Crippen LogP) is 1.72. The number of likely N-dealkylation sites (tertiary alicyclic amines) is 1. The van der Waals surface area contributed by atoms with Crippen LogP contribution < -0.4 is 0 Å². The molecule has 138 valence electrons. The van der Waals surface area contributed by atoms with Crippen LogP contribution in [0.1, 0.15) is 23.2 Å². The Morgan fingerprint density at radius 3 is 2.54 bits per heavy atom. The van der Waals surface area contributed by atoms with Crippen molar-refractivity contribution in [3.63, 3.8) is 0 Å². The molecular formula is C20H27N5O. The average molecular weight is 353 g/mol. The van der Waals surface area contributed by atoms with Crippen LogP contribution >= 0.6 is 0 Å². The summed E-state index contributed by atoms with van der Waals surface area (Å²) in [5.74, 6) is 0.149. The zero-order valence-electron chi connectivity index (χ0n) is 15.4. The smallest absolute Gasteiger partial charge is 0.253 e. The van der Waals surface area contributed by atoms with E-state index in [1.165, 1.54) is 6.42 Å². The Morgan fingerprint density at radius 2 is 1.85 bits per heavy atom. The lowest BCUT2D eigenvalue weighted by molar-refractivity contribution is 0.0458. The van der Waals surface area contributed by atoms with Crippen LogP contribution in [0.2, 0.25) is 0 Å². The maximum absolute atomic E-state index is 13.0. The molecule has 0 bridgehead atoms. The Hall–Kier alpha value is -2.18. The van der Waals surface area contributed by atoms with Crippen molar-refractivity contribution < 1.29 is 4.79 Å². The number of piperazine rings is 1. The summed E-state index contributed by atoms with van der Waals surface area (Å²) in [7, 11) is 2.18. The molecular weight excluding hydrogens is 326 g/mol. The van der Waals surface area contributed by atoms with Crippen LogP contribution in [-0.4, -0.2) is 82.7 Å². The fourth-order valence-electron chi connectivity index (χ4n) is 3.99. The fourth-order valence-corrected chi connectivity index (χ4v) is 3.99. The summed E-state index contributed by atoms with van der Waals surface area (Å²) in [6.45, 7) is 6.19. The molecule has 0 spiro atoms. The van der Waals surface area contributed by atoms with E-state index in [2.05, 4.69) is 21.9 Å². The number of hydrogen-bond donors (Lipinski definition) is 0. The van der Waals surface area contributed by atoms with E-state index in [0.29, 0.717) is 6.04 Å². The van der Waals surface area contributed by atoms with Gasteiger partial charge in [0.2, 0.25) is 0 Å². The van der Waals surface area contributed by atoms with Gasteiger partial charge in [-0.15, -0.1) is 0 Å². The van der Waals surface area contributed by atoms with Crippen molar-refractivity contribution in [3.05, 3.63) is 48.3 Å². The van der Waals surface area contributed by atoms with E-state index in [9.17, 15) is 4.79 Å². The molecule has 2 aliphatic heterocycles. The first-order valence-electron chi connectivity index (χ1n) is 9.53. The maximum Gasteiger partial charge on any atom is 0.253 e. The largest absolute Gasteiger partial charge is 0.337 e. The molecule has 0 aliphatic carbocycles. The maximum atomic E-state index is 13.0. The lowest BCUT2D eigenvalue weighted by Gasteiger charge is -2.42. The summed E-state index contributed by atoms with van der Waals surface area (Å²) < 4.78 is 1.80. The van der Waals surface area contributed by atoms with E-state index in [1.807, 2.05) is 41.4 Å². The molecule has 1 unspecified atom stereocenters. The van der Waals surface area contributed by atoms with Gasteiger partial charge in [-0.2, -0.15) is 5.10 Å². The van der Waals surface area contributed by atoms with Crippen molar-refractivity contribution in [2.45, 2.75) is 18.9 Å². The second-order valence-corrected chi connectivity index (χ2v) is 7.38. The van der Waals surface area contributed by atoms with Gasteiger partial charge < -0.3 is 9.80 Å². The minimum Gasteiger partial charge on any atom is -0.337 e. The van der Waals surface area contributed by atoms with Gasteiger partial charge in [0.15, 0.2) is 0 Å². The van der Waals surface area contributed by atoms with Crippen molar-refractivity contribution >= 4 is 5.91 Å². The number of carbonyl (C=O) groups is 1. The Bertz CT molecular complexity index is 719. The standard InChI is InChI=1S/C20H27N5O/c1-22-12-14-23(15-13-22)19-4-2-10-24(16-19)20(26)17-5-7-18(8-6-17)25-11-3-9-21-25/h3,5-9,11,19H,2,4,10,12-16H2,1H3. The topological polar surface area (TPSA) is 44.6 Å². The first-order valence-corrected chi connectivity index (χ1v) is 9.53. The predicted molar refractivity (Wildman–Crippen MR) is 102 cm³/mol. The molecule has 26 heavy (non-hydrogen) atoms. The fraction of sp³-hybridized carbons (Fsp3) is 0.500. The van der Waals surface area contributed by atoms with Crippen LogP contribution in [0.4, 0.5) is 0 Å². The molecule has 2 aromatic rings. The monoisotopic (exact) mass is 353 g/mol. The molecule has 6 nitrogen and oxygen atoms in total. The third-order valence-corrected chi connectivity index (χ3v) is 5.62. The highest BCUT2D eigenvalue weighted by Crippen LogP contribution is 2.20. The van der Waals surface area contributed by atoms with Gasteiger partial charge in [-0.25, -0.2) is 4.68 Å². The molecule has 2 fully saturated rings. The lowest BCUT2D eigenvalue weighted by Crippen LogP contribution is -2.55.